The molecule has 1 fully saturated rings. The molecule has 1 aliphatic rings. The minimum atomic E-state index is -4.56. The molecule has 2 aromatic rings. The third-order valence-corrected chi connectivity index (χ3v) is 4.08. The number of rotatable bonds is 3. The van der Waals surface area contributed by atoms with Gasteiger partial charge in [0.05, 0.1) is 0 Å². The van der Waals surface area contributed by atoms with Gasteiger partial charge in [0.2, 0.25) is 0 Å². The number of aromatic amines is 1. The van der Waals surface area contributed by atoms with E-state index in [1.807, 2.05) is 5.10 Å². The van der Waals surface area contributed by atoms with Gasteiger partial charge < -0.3 is 4.90 Å². The molecule has 0 atom stereocenters. The van der Waals surface area contributed by atoms with E-state index in [-0.39, 0.29) is 11.5 Å². The normalized spacial score (nSPS) is 16.2. The van der Waals surface area contributed by atoms with E-state index in [1.165, 1.54) is 17.0 Å². The SMILES string of the molecule is O=C(c1cc(C(F)(F)F)[nH]n1)N1CCN(Cc2ccc(F)cc2)CC1. The molecule has 1 aromatic carbocycles. The molecule has 1 amide bonds. The van der Waals surface area contributed by atoms with Gasteiger partial charge in [-0.15, -0.1) is 0 Å². The molecule has 0 saturated carbocycles. The minimum Gasteiger partial charge on any atom is -0.335 e. The summed E-state index contributed by atoms with van der Waals surface area (Å²) in [7, 11) is 0. The van der Waals surface area contributed by atoms with Crippen LogP contribution in [-0.2, 0) is 12.7 Å². The van der Waals surface area contributed by atoms with Crippen LogP contribution in [0.1, 0.15) is 21.7 Å². The zero-order valence-electron chi connectivity index (χ0n) is 13.2. The lowest BCUT2D eigenvalue weighted by Gasteiger charge is -2.34. The molecule has 0 aliphatic carbocycles. The van der Waals surface area contributed by atoms with E-state index < -0.39 is 17.8 Å². The fourth-order valence-electron chi connectivity index (χ4n) is 2.70. The quantitative estimate of drug-likeness (QED) is 0.860. The molecule has 25 heavy (non-hydrogen) atoms. The van der Waals surface area contributed by atoms with Crippen molar-refractivity contribution < 1.29 is 22.4 Å². The Kier molecular flexibility index (Phi) is 4.76. The summed E-state index contributed by atoms with van der Waals surface area (Å²) in [6, 6.07) is 6.92. The lowest BCUT2D eigenvalue weighted by molar-refractivity contribution is -0.141. The van der Waals surface area contributed by atoms with E-state index in [9.17, 15) is 22.4 Å². The highest BCUT2D eigenvalue weighted by Crippen LogP contribution is 2.28. The van der Waals surface area contributed by atoms with Crippen LogP contribution in [0.5, 0.6) is 0 Å². The summed E-state index contributed by atoms with van der Waals surface area (Å²) in [5.74, 6) is -0.815. The first-order chi connectivity index (χ1) is 11.8. The Labute approximate surface area is 141 Å². The van der Waals surface area contributed by atoms with E-state index in [1.54, 1.807) is 12.1 Å². The number of halogens is 4. The highest BCUT2D eigenvalue weighted by atomic mass is 19.4. The summed E-state index contributed by atoms with van der Waals surface area (Å²) >= 11 is 0. The Bertz CT molecular complexity index is 733. The second-order valence-electron chi connectivity index (χ2n) is 5.86. The van der Waals surface area contributed by atoms with Crippen molar-refractivity contribution in [1.29, 1.82) is 0 Å². The second-order valence-corrected chi connectivity index (χ2v) is 5.86. The van der Waals surface area contributed by atoms with Crippen molar-refractivity contribution in [3.8, 4) is 0 Å². The third kappa shape index (κ3) is 4.16. The first-order valence-electron chi connectivity index (χ1n) is 7.71. The minimum absolute atomic E-state index is 0.237. The Morgan fingerprint density at radius 3 is 2.32 bits per heavy atom. The fraction of sp³-hybridized carbons (Fsp3) is 0.375. The molecule has 1 N–H and O–H groups in total. The van der Waals surface area contributed by atoms with Gasteiger partial charge in [-0.05, 0) is 17.7 Å². The Morgan fingerprint density at radius 1 is 1.12 bits per heavy atom. The van der Waals surface area contributed by atoms with Crippen molar-refractivity contribution in [2.75, 3.05) is 26.2 Å². The van der Waals surface area contributed by atoms with Gasteiger partial charge >= 0.3 is 6.18 Å². The van der Waals surface area contributed by atoms with Gasteiger partial charge in [0.15, 0.2) is 5.69 Å². The monoisotopic (exact) mass is 356 g/mol. The average molecular weight is 356 g/mol. The lowest BCUT2D eigenvalue weighted by atomic mass is 10.2. The van der Waals surface area contributed by atoms with Crippen LogP contribution in [0, 0.1) is 5.82 Å². The van der Waals surface area contributed by atoms with Crippen molar-refractivity contribution >= 4 is 5.91 Å². The van der Waals surface area contributed by atoms with E-state index in [0.29, 0.717) is 32.7 Å². The smallest absolute Gasteiger partial charge is 0.335 e. The van der Waals surface area contributed by atoms with Gasteiger partial charge in [0.25, 0.3) is 5.91 Å². The number of piperazine rings is 1. The van der Waals surface area contributed by atoms with Gasteiger partial charge in [-0.1, -0.05) is 12.1 Å². The molecule has 1 aromatic heterocycles. The van der Waals surface area contributed by atoms with Crippen molar-refractivity contribution in [3.63, 3.8) is 0 Å². The number of carbonyl (C=O) groups excluding carboxylic acids is 1. The highest BCUT2D eigenvalue weighted by molar-refractivity contribution is 5.92. The Hall–Kier alpha value is -2.42. The Morgan fingerprint density at radius 2 is 1.76 bits per heavy atom. The van der Waals surface area contributed by atoms with E-state index in [0.717, 1.165) is 11.6 Å². The summed E-state index contributed by atoms with van der Waals surface area (Å²) in [5.41, 5.74) is -0.312. The van der Waals surface area contributed by atoms with Crippen molar-refractivity contribution in [2.45, 2.75) is 12.7 Å². The standard InChI is InChI=1S/C16H16F4N4O/c17-12-3-1-11(2-4-12)10-23-5-7-24(8-6-23)15(25)13-9-14(22-21-13)16(18,19)20/h1-4,9H,5-8,10H2,(H,21,22). The molecule has 0 spiro atoms. The highest BCUT2D eigenvalue weighted by Gasteiger charge is 2.34. The average Bonchev–Trinajstić information content (AvgIpc) is 3.07. The van der Waals surface area contributed by atoms with Crippen LogP contribution in [0.2, 0.25) is 0 Å². The molecule has 1 saturated heterocycles. The number of alkyl halides is 3. The third-order valence-electron chi connectivity index (χ3n) is 4.08. The van der Waals surface area contributed by atoms with Crippen molar-refractivity contribution in [1.82, 2.24) is 20.0 Å². The summed E-state index contributed by atoms with van der Waals surface area (Å²) in [6.07, 6.45) is -4.56. The number of benzene rings is 1. The molecule has 0 radical (unpaired) electrons. The molecular weight excluding hydrogens is 340 g/mol. The molecule has 134 valence electrons. The molecule has 0 unspecified atom stereocenters. The number of hydrogen-bond donors (Lipinski definition) is 1. The van der Waals surface area contributed by atoms with Crippen LogP contribution in [-0.4, -0.2) is 52.1 Å². The molecular formula is C16H16F4N4O. The maximum absolute atomic E-state index is 12.9. The van der Waals surface area contributed by atoms with E-state index in [4.69, 9.17) is 0 Å². The summed E-state index contributed by atoms with van der Waals surface area (Å²) in [5, 5.41) is 5.32. The molecule has 1 aliphatic heterocycles. The van der Waals surface area contributed by atoms with Crippen LogP contribution < -0.4 is 0 Å². The molecule has 5 nitrogen and oxygen atoms in total. The number of amides is 1. The van der Waals surface area contributed by atoms with Crippen molar-refractivity contribution in [2.24, 2.45) is 0 Å². The molecule has 3 rings (SSSR count). The maximum Gasteiger partial charge on any atom is 0.432 e. The predicted molar refractivity (Wildman–Crippen MR) is 81.2 cm³/mol. The fourth-order valence-corrected chi connectivity index (χ4v) is 2.70. The summed E-state index contributed by atoms with van der Waals surface area (Å²) in [4.78, 5) is 15.8. The van der Waals surface area contributed by atoms with Crippen LogP contribution in [0.3, 0.4) is 0 Å². The summed E-state index contributed by atoms with van der Waals surface area (Å²) in [6.45, 7) is 2.59. The van der Waals surface area contributed by atoms with Gasteiger partial charge in [0, 0.05) is 38.8 Å². The zero-order chi connectivity index (χ0) is 18.0. The van der Waals surface area contributed by atoms with Gasteiger partial charge in [-0.25, -0.2) is 4.39 Å². The number of hydrogen-bond acceptors (Lipinski definition) is 3. The van der Waals surface area contributed by atoms with Crippen LogP contribution in [0.25, 0.3) is 0 Å². The number of carbonyl (C=O) groups is 1. The second kappa shape index (κ2) is 6.83. The lowest BCUT2D eigenvalue weighted by Crippen LogP contribution is -2.48. The first-order valence-corrected chi connectivity index (χ1v) is 7.71. The zero-order valence-corrected chi connectivity index (χ0v) is 13.2. The van der Waals surface area contributed by atoms with Gasteiger partial charge in [0.1, 0.15) is 11.5 Å². The Balaban J connectivity index is 1.55. The number of H-pyrrole nitrogens is 1. The number of nitrogens with zero attached hydrogens (tertiary/aromatic N) is 3. The largest absolute Gasteiger partial charge is 0.432 e. The van der Waals surface area contributed by atoms with Crippen LogP contribution in [0.15, 0.2) is 30.3 Å². The first kappa shape index (κ1) is 17.4. The maximum atomic E-state index is 12.9. The molecule has 0 bridgehead atoms. The molecule has 2 heterocycles. The van der Waals surface area contributed by atoms with E-state index in [2.05, 4.69) is 10.00 Å². The number of aromatic nitrogens is 2. The molecule has 9 heteroatoms. The van der Waals surface area contributed by atoms with Gasteiger partial charge in [-0.2, -0.15) is 18.3 Å². The predicted octanol–water partition coefficient (Wildman–Crippen LogP) is 2.53. The summed E-state index contributed by atoms with van der Waals surface area (Å²) < 4.78 is 50.6. The van der Waals surface area contributed by atoms with Gasteiger partial charge in [-0.3, -0.25) is 14.8 Å². The van der Waals surface area contributed by atoms with Crippen molar-refractivity contribution in [3.05, 3.63) is 53.1 Å². The number of nitrogens with one attached hydrogen (secondary N) is 1. The van der Waals surface area contributed by atoms with Crippen LogP contribution >= 0.6 is 0 Å². The topological polar surface area (TPSA) is 52.2 Å². The van der Waals surface area contributed by atoms with E-state index >= 15 is 0 Å². The van der Waals surface area contributed by atoms with Crippen LogP contribution in [0.4, 0.5) is 17.6 Å².